The molecule has 4 nitrogen and oxygen atoms in total. The third-order valence-electron chi connectivity index (χ3n) is 4.35. The van der Waals surface area contributed by atoms with Gasteiger partial charge >= 0.3 is 0 Å². The first kappa shape index (κ1) is 21.6. The molecule has 0 fully saturated rings. The van der Waals surface area contributed by atoms with E-state index in [4.69, 9.17) is 9.47 Å². The molecule has 0 aliphatic heterocycles. The Labute approximate surface area is 166 Å². The molecule has 2 atom stereocenters. The number of thioether (sulfide) groups is 1. The second kappa shape index (κ2) is 11.9. The molecule has 2 rings (SSSR count). The van der Waals surface area contributed by atoms with Crippen molar-refractivity contribution in [3.63, 3.8) is 0 Å². The van der Waals surface area contributed by atoms with Crippen LogP contribution in [-0.2, 0) is 9.47 Å². The molecule has 0 aliphatic carbocycles. The summed E-state index contributed by atoms with van der Waals surface area (Å²) >= 11 is 1.84. The second-order valence-electron chi connectivity index (χ2n) is 6.20. The molecule has 2 unspecified atom stereocenters. The van der Waals surface area contributed by atoms with E-state index in [1.807, 2.05) is 62.0 Å². The molecule has 0 aliphatic rings. The maximum Gasteiger partial charge on any atom is 0.121 e. The molecule has 0 amide bonds. The second-order valence-corrected chi connectivity index (χ2v) is 7.42. The Morgan fingerprint density at radius 2 is 1.15 bits per heavy atom. The third kappa shape index (κ3) is 6.76. The van der Waals surface area contributed by atoms with Gasteiger partial charge in [0.1, 0.15) is 11.5 Å². The van der Waals surface area contributed by atoms with Gasteiger partial charge in [-0.2, -0.15) is 11.8 Å². The van der Waals surface area contributed by atoms with Crippen molar-refractivity contribution in [2.24, 2.45) is 0 Å². The number of benzene rings is 2. The quantitative estimate of drug-likeness (QED) is 0.471. The van der Waals surface area contributed by atoms with Gasteiger partial charge in [-0.3, -0.25) is 0 Å². The molecule has 2 N–H and O–H groups in total. The van der Waals surface area contributed by atoms with Crippen molar-refractivity contribution in [3.8, 4) is 11.5 Å². The maximum absolute atomic E-state index is 10.1. The topological polar surface area (TPSA) is 58.9 Å². The summed E-state index contributed by atoms with van der Waals surface area (Å²) in [7, 11) is 0. The van der Waals surface area contributed by atoms with Crippen molar-refractivity contribution in [1.29, 1.82) is 0 Å². The Morgan fingerprint density at radius 1 is 0.741 bits per heavy atom. The molecular weight excluding hydrogens is 360 g/mol. The van der Waals surface area contributed by atoms with Crippen molar-refractivity contribution < 1.29 is 19.7 Å². The first-order valence-electron chi connectivity index (χ1n) is 9.54. The SMILES string of the molecule is CCOC(CCSCCC(OCC)c1ccccc1O)c1ccccc1O. The van der Waals surface area contributed by atoms with Gasteiger partial charge in [0.25, 0.3) is 0 Å². The summed E-state index contributed by atoms with van der Waals surface area (Å²) in [6.45, 7) is 5.17. The fraction of sp³-hybridized carbons (Fsp3) is 0.455. The molecule has 0 bridgehead atoms. The number of para-hydroxylation sites is 2. The molecule has 0 heterocycles. The van der Waals surface area contributed by atoms with E-state index in [2.05, 4.69) is 0 Å². The predicted molar refractivity (Wildman–Crippen MR) is 112 cm³/mol. The Morgan fingerprint density at radius 3 is 1.52 bits per heavy atom. The van der Waals surface area contributed by atoms with Gasteiger partial charge in [-0.25, -0.2) is 0 Å². The number of phenols is 2. The van der Waals surface area contributed by atoms with Crippen molar-refractivity contribution >= 4 is 11.8 Å². The number of hydrogen-bond donors (Lipinski definition) is 2. The summed E-state index contributed by atoms with van der Waals surface area (Å²) in [4.78, 5) is 0. The van der Waals surface area contributed by atoms with E-state index in [1.54, 1.807) is 12.1 Å². The molecule has 5 heteroatoms. The lowest BCUT2D eigenvalue weighted by atomic mass is 10.1. The highest BCUT2D eigenvalue weighted by molar-refractivity contribution is 7.99. The molecule has 27 heavy (non-hydrogen) atoms. The number of ether oxygens (including phenoxy) is 2. The van der Waals surface area contributed by atoms with Crippen molar-refractivity contribution in [2.75, 3.05) is 24.7 Å². The summed E-state index contributed by atoms with van der Waals surface area (Å²) in [5.74, 6) is 2.44. The van der Waals surface area contributed by atoms with E-state index in [0.29, 0.717) is 13.2 Å². The monoisotopic (exact) mass is 390 g/mol. The minimum absolute atomic E-state index is 0.0930. The molecule has 0 spiro atoms. The number of hydrogen-bond acceptors (Lipinski definition) is 5. The molecule has 0 aromatic heterocycles. The highest BCUT2D eigenvalue weighted by atomic mass is 32.2. The Balaban J connectivity index is 1.83. The van der Waals surface area contributed by atoms with Crippen LogP contribution in [0.4, 0.5) is 0 Å². The van der Waals surface area contributed by atoms with Gasteiger partial charge in [-0.1, -0.05) is 36.4 Å². The fourth-order valence-corrected chi connectivity index (χ4v) is 4.03. The number of aromatic hydroxyl groups is 2. The van der Waals surface area contributed by atoms with Gasteiger partial charge in [-0.15, -0.1) is 0 Å². The number of phenolic OH excluding ortho intramolecular Hbond substituents is 2. The molecule has 0 saturated heterocycles. The van der Waals surface area contributed by atoms with Crippen LogP contribution in [0, 0.1) is 0 Å². The highest BCUT2D eigenvalue weighted by Gasteiger charge is 2.17. The van der Waals surface area contributed by atoms with Crippen LogP contribution in [0.3, 0.4) is 0 Å². The van der Waals surface area contributed by atoms with Gasteiger partial charge in [0, 0.05) is 24.3 Å². The lowest BCUT2D eigenvalue weighted by molar-refractivity contribution is 0.0582. The molecule has 2 aromatic carbocycles. The molecule has 148 valence electrons. The van der Waals surface area contributed by atoms with Gasteiger partial charge in [0.15, 0.2) is 0 Å². The van der Waals surface area contributed by atoms with E-state index in [-0.39, 0.29) is 23.7 Å². The summed E-state index contributed by atoms with van der Waals surface area (Å²) in [6.07, 6.45) is 1.49. The minimum atomic E-state index is -0.0930. The van der Waals surface area contributed by atoms with E-state index in [0.717, 1.165) is 35.5 Å². The smallest absolute Gasteiger partial charge is 0.121 e. The Hall–Kier alpha value is -1.69. The zero-order valence-corrected chi connectivity index (χ0v) is 17.0. The summed E-state index contributed by atoms with van der Waals surface area (Å²) in [5, 5.41) is 20.1. The summed E-state index contributed by atoms with van der Waals surface area (Å²) < 4.78 is 11.7. The van der Waals surface area contributed by atoms with Crippen LogP contribution >= 0.6 is 11.8 Å². The van der Waals surface area contributed by atoms with Crippen molar-refractivity contribution in [1.82, 2.24) is 0 Å². The largest absolute Gasteiger partial charge is 0.508 e. The minimum Gasteiger partial charge on any atom is -0.508 e. The average Bonchev–Trinajstić information content (AvgIpc) is 2.67. The summed E-state index contributed by atoms with van der Waals surface area (Å²) in [6, 6.07) is 14.7. The molecular formula is C22H30O4S. The standard InChI is InChI=1S/C22H30O4S/c1-3-25-21(17-9-5-7-11-19(17)23)13-15-27-16-14-22(26-4-2)18-10-6-8-12-20(18)24/h5-12,21-24H,3-4,13-16H2,1-2H3. The predicted octanol–water partition coefficient (Wildman–Crippen LogP) is 5.47. The number of rotatable bonds is 12. The highest BCUT2D eigenvalue weighted by Crippen LogP contribution is 2.32. The van der Waals surface area contributed by atoms with Gasteiger partial charge in [-0.05, 0) is 50.3 Å². The average molecular weight is 391 g/mol. The van der Waals surface area contributed by atoms with Crippen LogP contribution in [0.1, 0.15) is 50.0 Å². The Bertz CT molecular complexity index is 619. The Kier molecular flexibility index (Phi) is 9.53. The molecule has 0 radical (unpaired) electrons. The van der Waals surface area contributed by atoms with E-state index >= 15 is 0 Å². The van der Waals surface area contributed by atoms with Crippen LogP contribution < -0.4 is 0 Å². The summed E-state index contributed by atoms with van der Waals surface area (Å²) in [5.41, 5.74) is 1.70. The van der Waals surface area contributed by atoms with Crippen LogP contribution in [0.15, 0.2) is 48.5 Å². The lowest BCUT2D eigenvalue weighted by Gasteiger charge is -2.20. The molecule has 2 aromatic rings. The zero-order chi connectivity index (χ0) is 19.5. The van der Waals surface area contributed by atoms with Gasteiger partial charge < -0.3 is 19.7 Å². The van der Waals surface area contributed by atoms with E-state index in [9.17, 15) is 10.2 Å². The zero-order valence-electron chi connectivity index (χ0n) is 16.1. The first-order valence-corrected chi connectivity index (χ1v) is 10.7. The van der Waals surface area contributed by atoms with Crippen LogP contribution in [0.2, 0.25) is 0 Å². The van der Waals surface area contributed by atoms with Crippen LogP contribution in [-0.4, -0.2) is 34.9 Å². The van der Waals surface area contributed by atoms with Gasteiger partial charge in [0.05, 0.1) is 12.2 Å². The lowest BCUT2D eigenvalue weighted by Crippen LogP contribution is -2.08. The van der Waals surface area contributed by atoms with Crippen molar-refractivity contribution in [3.05, 3.63) is 59.7 Å². The fourth-order valence-electron chi connectivity index (χ4n) is 3.06. The maximum atomic E-state index is 10.1. The van der Waals surface area contributed by atoms with E-state index in [1.165, 1.54) is 0 Å². The molecule has 0 saturated carbocycles. The van der Waals surface area contributed by atoms with Gasteiger partial charge in [0.2, 0.25) is 0 Å². The van der Waals surface area contributed by atoms with Crippen LogP contribution in [0.25, 0.3) is 0 Å². The van der Waals surface area contributed by atoms with Crippen molar-refractivity contribution in [2.45, 2.75) is 38.9 Å². The normalized spacial score (nSPS) is 13.4. The third-order valence-corrected chi connectivity index (χ3v) is 5.40. The van der Waals surface area contributed by atoms with E-state index < -0.39 is 0 Å². The van der Waals surface area contributed by atoms with Crippen LogP contribution in [0.5, 0.6) is 11.5 Å². The first-order chi connectivity index (χ1) is 13.2.